The number of urea groups is 1. The summed E-state index contributed by atoms with van der Waals surface area (Å²) in [5.41, 5.74) is 0.416. The molecular weight excluding hydrogens is 495 g/mol. The standard InChI is InChI=1S/C27H32F3N7O/c1-34-12-14-35(15-13-34)19-21-7-8-22(16-24(21)27(28,29)30)33-26(38)36-11-3-4-20(18-36)6-9-23-17-31-25-5-2-10-32-37(23)25/h2,5,7-8,10,16-17,20,25,31H,3-4,11-15,18-19H2,1H3,(H,33,38). The average molecular weight is 528 g/mol. The molecule has 2 N–H and O–H groups in total. The Bertz CT molecular complexity index is 1190. The van der Waals surface area contributed by atoms with Crippen molar-refractivity contribution in [3.8, 4) is 11.8 Å². The van der Waals surface area contributed by atoms with Gasteiger partial charge in [0.2, 0.25) is 0 Å². The van der Waals surface area contributed by atoms with Gasteiger partial charge in [0.1, 0.15) is 11.9 Å². The first-order chi connectivity index (χ1) is 18.3. The number of hydrogen-bond acceptors (Lipinski definition) is 6. The van der Waals surface area contributed by atoms with Gasteiger partial charge in [0.25, 0.3) is 0 Å². The number of piperazine rings is 1. The normalized spacial score (nSPS) is 23.8. The highest BCUT2D eigenvalue weighted by molar-refractivity contribution is 5.89. The lowest BCUT2D eigenvalue weighted by Gasteiger charge is -2.33. The summed E-state index contributed by atoms with van der Waals surface area (Å²) in [6, 6.07) is 3.68. The fraction of sp³-hybridized carbons (Fsp3) is 0.481. The highest BCUT2D eigenvalue weighted by atomic mass is 19.4. The van der Waals surface area contributed by atoms with Crippen LogP contribution in [-0.4, -0.2) is 84.4 Å². The zero-order valence-corrected chi connectivity index (χ0v) is 21.3. The first-order valence-corrected chi connectivity index (χ1v) is 12.9. The Morgan fingerprint density at radius 3 is 2.82 bits per heavy atom. The number of likely N-dealkylation sites (N-methyl/N-ethyl adjacent to an activating group) is 1. The molecule has 2 fully saturated rings. The number of carbonyl (C=O) groups excluding carboxylic acids is 1. The number of rotatable bonds is 3. The average Bonchev–Trinajstić information content (AvgIpc) is 3.32. The van der Waals surface area contributed by atoms with Crippen LogP contribution < -0.4 is 10.6 Å². The third-order valence-electron chi connectivity index (χ3n) is 7.24. The van der Waals surface area contributed by atoms with Gasteiger partial charge in [-0.2, -0.15) is 18.3 Å². The predicted octanol–water partition coefficient (Wildman–Crippen LogP) is 3.33. The zero-order valence-electron chi connectivity index (χ0n) is 21.3. The lowest BCUT2D eigenvalue weighted by atomic mass is 9.99. The number of hydrogen-bond donors (Lipinski definition) is 2. The summed E-state index contributed by atoms with van der Waals surface area (Å²) in [6.07, 6.45) is 4.46. The Balaban J connectivity index is 1.21. The van der Waals surface area contributed by atoms with E-state index in [0.29, 0.717) is 13.1 Å². The van der Waals surface area contributed by atoms with Crippen molar-refractivity contribution in [2.75, 3.05) is 51.6 Å². The number of benzene rings is 1. The molecule has 5 rings (SSSR count). The van der Waals surface area contributed by atoms with Crippen LogP contribution in [-0.2, 0) is 12.7 Å². The highest BCUT2D eigenvalue weighted by Crippen LogP contribution is 2.35. The number of likely N-dealkylation sites (tertiary alicyclic amines) is 1. The number of halogens is 3. The van der Waals surface area contributed by atoms with E-state index in [0.717, 1.165) is 50.8 Å². The number of amides is 2. The molecule has 2 atom stereocenters. The van der Waals surface area contributed by atoms with Crippen LogP contribution in [0.5, 0.6) is 0 Å². The van der Waals surface area contributed by atoms with E-state index in [1.165, 1.54) is 6.07 Å². The number of alkyl halides is 3. The first kappa shape index (κ1) is 26.1. The summed E-state index contributed by atoms with van der Waals surface area (Å²) in [5, 5.41) is 12.0. The fourth-order valence-corrected chi connectivity index (χ4v) is 5.04. The van der Waals surface area contributed by atoms with Crippen LogP contribution in [0.2, 0.25) is 0 Å². The molecule has 0 aromatic heterocycles. The molecule has 1 aromatic carbocycles. The molecule has 0 aliphatic carbocycles. The van der Waals surface area contributed by atoms with Crippen molar-refractivity contribution in [2.24, 2.45) is 11.0 Å². The number of nitrogens with zero attached hydrogens (tertiary/aromatic N) is 5. The van der Waals surface area contributed by atoms with Crippen molar-refractivity contribution in [2.45, 2.75) is 31.7 Å². The molecule has 0 radical (unpaired) electrons. The van der Waals surface area contributed by atoms with Crippen molar-refractivity contribution in [1.29, 1.82) is 0 Å². The van der Waals surface area contributed by atoms with Gasteiger partial charge in [0, 0.05) is 69.8 Å². The number of nitrogens with one attached hydrogen (secondary N) is 2. The van der Waals surface area contributed by atoms with Gasteiger partial charge >= 0.3 is 12.2 Å². The summed E-state index contributed by atoms with van der Waals surface area (Å²) in [5.74, 6) is 6.38. The molecule has 202 valence electrons. The first-order valence-electron chi connectivity index (χ1n) is 12.9. The topological polar surface area (TPSA) is 66.5 Å². The van der Waals surface area contributed by atoms with Crippen LogP contribution in [0.25, 0.3) is 0 Å². The molecule has 4 heterocycles. The number of piperidine rings is 1. The Hall–Kier alpha value is -3.49. The maximum Gasteiger partial charge on any atom is 0.416 e. The summed E-state index contributed by atoms with van der Waals surface area (Å²) in [4.78, 5) is 18.8. The zero-order chi connectivity index (χ0) is 26.7. The van der Waals surface area contributed by atoms with Gasteiger partial charge in [-0.3, -0.25) is 4.90 Å². The van der Waals surface area contributed by atoms with Crippen LogP contribution >= 0.6 is 0 Å². The summed E-state index contributed by atoms with van der Waals surface area (Å²) >= 11 is 0. The molecule has 2 amide bonds. The van der Waals surface area contributed by atoms with Gasteiger partial charge in [-0.1, -0.05) is 12.0 Å². The largest absolute Gasteiger partial charge is 0.416 e. The van der Waals surface area contributed by atoms with Gasteiger partial charge in [-0.15, -0.1) is 0 Å². The molecule has 11 heteroatoms. The van der Waals surface area contributed by atoms with E-state index < -0.39 is 17.8 Å². The number of hydrazone groups is 1. The summed E-state index contributed by atoms with van der Waals surface area (Å²) in [6.45, 7) is 4.29. The molecule has 38 heavy (non-hydrogen) atoms. The second kappa shape index (κ2) is 11.1. The summed E-state index contributed by atoms with van der Waals surface area (Å²) < 4.78 is 41.7. The van der Waals surface area contributed by atoms with E-state index in [2.05, 4.69) is 32.5 Å². The number of carbonyl (C=O) groups is 1. The molecule has 8 nitrogen and oxygen atoms in total. The van der Waals surface area contributed by atoms with Crippen molar-refractivity contribution >= 4 is 17.9 Å². The SMILES string of the molecule is CN1CCN(Cc2ccc(NC(=O)N3CCCC(C#CC4=CNC5C=CC=NN45)C3)cc2C(F)(F)F)CC1. The van der Waals surface area contributed by atoms with Crippen LogP contribution in [0.3, 0.4) is 0 Å². The van der Waals surface area contributed by atoms with Crippen molar-refractivity contribution in [3.05, 3.63) is 53.4 Å². The molecule has 0 spiro atoms. The number of fused-ring (bicyclic) bond motifs is 1. The molecule has 1 aromatic rings. The van der Waals surface area contributed by atoms with E-state index in [9.17, 15) is 18.0 Å². The Morgan fingerprint density at radius 2 is 2.03 bits per heavy atom. The smallest absolute Gasteiger partial charge is 0.364 e. The van der Waals surface area contributed by atoms with E-state index in [-0.39, 0.29) is 29.9 Å². The quantitative estimate of drug-likeness (QED) is 0.591. The highest BCUT2D eigenvalue weighted by Gasteiger charge is 2.34. The molecule has 0 saturated carbocycles. The maximum atomic E-state index is 13.9. The minimum atomic E-state index is -4.51. The van der Waals surface area contributed by atoms with Crippen LogP contribution in [0, 0.1) is 17.8 Å². The van der Waals surface area contributed by atoms with Crippen molar-refractivity contribution in [3.63, 3.8) is 0 Å². The van der Waals surface area contributed by atoms with Gasteiger partial charge in [0.15, 0.2) is 0 Å². The molecule has 2 saturated heterocycles. The molecule has 4 aliphatic heterocycles. The predicted molar refractivity (Wildman–Crippen MR) is 140 cm³/mol. The monoisotopic (exact) mass is 527 g/mol. The van der Waals surface area contributed by atoms with Crippen LogP contribution in [0.4, 0.5) is 23.7 Å². The van der Waals surface area contributed by atoms with Gasteiger partial charge < -0.3 is 20.4 Å². The summed E-state index contributed by atoms with van der Waals surface area (Å²) in [7, 11) is 2.01. The van der Waals surface area contributed by atoms with Gasteiger partial charge in [-0.25, -0.2) is 9.80 Å². The second-order valence-electron chi connectivity index (χ2n) is 10.1. The number of anilines is 1. The Morgan fingerprint density at radius 1 is 1.21 bits per heavy atom. The second-order valence-corrected chi connectivity index (χ2v) is 10.1. The van der Waals surface area contributed by atoms with Crippen molar-refractivity contribution < 1.29 is 18.0 Å². The van der Waals surface area contributed by atoms with Crippen LogP contribution in [0.15, 0.2) is 47.3 Å². The van der Waals surface area contributed by atoms with Crippen LogP contribution in [0.1, 0.15) is 24.0 Å². The van der Waals surface area contributed by atoms with Gasteiger partial charge in [-0.05, 0) is 55.7 Å². The third kappa shape index (κ3) is 6.14. The van der Waals surface area contributed by atoms with E-state index in [1.54, 1.807) is 22.2 Å². The fourth-order valence-electron chi connectivity index (χ4n) is 5.04. The lowest BCUT2D eigenvalue weighted by molar-refractivity contribution is -0.138. The molecule has 0 bridgehead atoms. The Labute approximate surface area is 220 Å². The molecule has 4 aliphatic rings. The molecular formula is C27H32F3N7O. The lowest BCUT2D eigenvalue weighted by Crippen LogP contribution is -2.44. The van der Waals surface area contributed by atoms with E-state index >= 15 is 0 Å². The Kier molecular flexibility index (Phi) is 7.63. The third-order valence-corrected chi connectivity index (χ3v) is 7.24. The minimum Gasteiger partial charge on any atom is -0.364 e. The molecule has 2 unspecified atom stereocenters. The van der Waals surface area contributed by atoms with Gasteiger partial charge in [0.05, 0.1) is 5.56 Å². The van der Waals surface area contributed by atoms with E-state index in [4.69, 9.17) is 0 Å². The minimum absolute atomic E-state index is 0.0320. The van der Waals surface area contributed by atoms with E-state index in [1.807, 2.05) is 30.3 Å². The maximum absolute atomic E-state index is 13.9. The number of allylic oxidation sites excluding steroid dienone is 2. The van der Waals surface area contributed by atoms with Crippen molar-refractivity contribution in [1.82, 2.24) is 25.0 Å².